The Hall–Kier alpha value is -3.34. The monoisotopic (exact) mass is 500 g/mol. The van der Waals surface area contributed by atoms with Crippen molar-refractivity contribution in [3.63, 3.8) is 0 Å². The van der Waals surface area contributed by atoms with Gasteiger partial charge >= 0.3 is 6.36 Å². The molecule has 1 saturated heterocycles. The number of para-hydroxylation sites is 1. The van der Waals surface area contributed by atoms with Crippen LogP contribution < -0.4 is 15.0 Å². The van der Waals surface area contributed by atoms with Gasteiger partial charge in [0.2, 0.25) is 5.95 Å². The van der Waals surface area contributed by atoms with Gasteiger partial charge in [0, 0.05) is 36.5 Å². The number of piperidine rings is 1. The van der Waals surface area contributed by atoms with Crippen LogP contribution in [0.15, 0.2) is 48.7 Å². The van der Waals surface area contributed by atoms with Crippen molar-refractivity contribution in [3.8, 4) is 16.9 Å². The number of benzene rings is 1. The van der Waals surface area contributed by atoms with E-state index in [9.17, 15) is 13.2 Å². The van der Waals surface area contributed by atoms with Crippen LogP contribution in [0.3, 0.4) is 0 Å². The van der Waals surface area contributed by atoms with E-state index in [4.69, 9.17) is 0 Å². The maximum absolute atomic E-state index is 13.0. The molecule has 35 heavy (non-hydrogen) atoms. The summed E-state index contributed by atoms with van der Waals surface area (Å²) in [6.07, 6.45) is -0.768. The van der Waals surface area contributed by atoms with Gasteiger partial charge in [-0.1, -0.05) is 18.2 Å². The predicted octanol–water partition coefficient (Wildman–Crippen LogP) is 5.39. The first kappa shape index (κ1) is 22.1. The van der Waals surface area contributed by atoms with Crippen molar-refractivity contribution in [3.05, 3.63) is 54.4 Å². The standard InChI is InChI=1S/C24H23F3N6OS/c1-14-11-20(35-31-14)32-12-15-8-9-16(13-32)21(15)28-23-29-22-18(6-4-10-33(22)30-23)17-5-2-3-7-19(17)34-24(25,26)27/h2-7,10-11,15-16,21H,8-9,12-13H2,1H3,(H,28,30). The zero-order valence-electron chi connectivity index (χ0n) is 18.9. The summed E-state index contributed by atoms with van der Waals surface area (Å²) in [4.78, 5) is 7.11. The lowest BCUT2D eigenvalue weighted by Crippen LogP contribution is -2.48. The Balaban J connectivity index is 1.27. The SMILES string of the molecule is Cc1cc(N2CC3CCC(C2)C3Nc2nc3c(-c4ccccc4OC(F)(F)F)cccn3n2)sn1. The van der Waals surface area contributed by atoms with E-state index in [0.717, 1.165) is 31.6 Å². The second-order valence-corrected chi connectivity index (χ2v) is 9.93. The van der Waals surface area contributed by atoms with Gasteiger partial charge in [0.1, 0.15) is 10.8 Å². The number of halogens is 3. The van der Waals surface area contributed by atoms with Crippen LogP contribution in [0.25, 0.3) is 16.8 Å². The smallest absolute Gasteiger partial charge is 0.405 e. The van der Waals surface area contributed by atoms with E-state index in [-0.39, 0.29) is 11.8 Å². The second kappa shape index (κ2) is 8.40. The third kappa shape index (κ3) is 4.29. The number of nitrogens with zero attached hydrogens (tertiary/aromatic N) is 5. The minimum absolute atomic E-state index is 0.252. The lowest BCUT2D eigenvalue weighted by molar-refractivity contribution is -0.274. The van der Waals surface area contributed by atoms with Crippen molar-refractivity contribution in [1.29, 1.82) is 0 Å². The van der Waals surface area contributed by atoms with E-state index in [1.54, 1.807) is 46.5 Å². The van der Waals surface area contributed by atoms with Gasteiger partial charge in [-0.3, -0.25) is 0 Å². The lowest BCUT2D eigenvalue weighted by Gasteiger charge is -2.38. The van der Waals surface area contributed by atoms with Crippen molar-refractivity contribution in [2.75, 3.05) is 23.3 Å². The highest BCUT2D eigenvalue weighted by Crippen LogP contribution is 2.41. The molecule has 11 heteroatoms. The van der Waals surface area contributed by atoms with Crippen LogP contribution in [0.2, 0.25) is 0 Å². The van der Waals surface area contributed by atoms with Crippen molar-refractivity contribution in [1.82, 2.24) is 19.0 Å². The molecule has 6 rings (SSSR count). The van der Waals surface area contributed by atoms with Crippen LogP contribution in [0, 0.1) is 18.8 Å². The average molecular weight is 501 g/mol. The highest BCUT2D eigenvalue weighted by atomic mass is 32.1. The largest absolute Gasteiger partial charge is 0.573 e. The molecular weight excluding hydrogens is 477 g/mol. The zero-order chi connectivity index (χ0) is 24.2. The van der Waals surface area contributed by atoms with Gasteiger partial charge < -0.3 is 15.0 Å². The van der Waals surface area contributed by atoms with E-state index in [0.29, 0.717) is 34.6 Å². The molecule has 182 valence electrons. The molecule has 0 spiro atoms. The first-order valence-corrected chi connectivity index (χ1v) is 12.3. The van der Waals surface area contributed by atoms with Gasteiger partial charge in [-0.05, 0) is 67.4 Å². The van der Waals surface area contributed by atoms with E-state index >= 15 is 0 Å². The van der Waals surface area contributed by atoms with Gasteiger partial charge in [0.05, 0.1) is 5.69 Å². The van der Waals surface area contributed by atoms with Crippen LogP contribution in [0.1, 0.15) is 18.5 Å². The molecule has 1 N–H and O–H groups in total. The van der Waals surface area contributed by atoms with Gasteiger partial charge in [-0.15, -0.1) is 18.3 Å². The van der Waals surface area contributed by atoms with Crippen LogP contribution in [-0.4, -0.2) is 44.5 Å². The molecule has 1 aromatic carbocycles. The third-order valence-corrected chi connectivity index (χ3v) is 7.76. The summed E-state index contributed by atoms with van der Waals surface area (Å²) >= 11 is 1.55. The first-order chi connectivity index (χ1) is 16.8. The summed E-state index contributed by atoms with van der Waals surface area (Å²) in [6, 6.07) is 11.9. The number of hydrogen-bond acceptors (Lipinski definition) is 7. The summed E-state index contributed by atoms with van der Waals surface area (Å²) in [5.74, 6) is 1.14. The van der Waals surface area contributed by atoms with Crippen molar-refractivity contribution >= 4 is 28.1 Å². The molecule has 2 atom stereocenters. The van der Waals surface area contributed by atoms with Gasteiger partial charge in [-0.2, -0.15) is 9.36 Å². The number of alkyl halides is 3. The maximum atomic E-state index is 13.0. The molecular formula is C24H23F3N6OS. The van der Waals surface area contributed by atoms with E-state index in [1.165, 1.54) is 17.1 Å². The molecule has 0 amide bonds. The highest BCUT2D eigenvalue weighted by Gasteiger charge is 2.43. The van der Waals surface area contributed by atoms with E-state index < -0.39 is 6.36 Å². The highest BCUT2D eigenvalue weighted by molar-refractivity contribution is 7.10. The van der Waals surface area contributed by atoms with E-state index in [2.05, 4.69) is 35.5 Å². The van der Waals surface area contributed by atoms with Crippen LogP contribution >= 0.6 is 11.5 Å². The van der Waals surface area contributed by atoms with E-state index in [1.807, 2.05) is 6.92 Å². The fourth-order valence-electron chi connectivity index (χ4n) is 5.37. The Morgan fingerprint density at radius 1 is 1.06 bits per heavy atom. The molecule has 3 aromatic heterocycles. The molecule has 0 radical (unpaired) electrons. The minimum atomic E-state index is -4.78. The molecule has 2 bridgehead atoms. The molecule has 1 saturated carbocycles. The molecule has 2 unspecified atom stereocenters. The molecule has 2 fully saturated rings. The Morgan fingerprint density at radius 3 is 2.51 bits per heavy atom. The fourth-order valence-corrected chi connectivity index (χ4v) is 6.14. The van der Waals surface area contributed by atoms with Crippen LogP contribution in [0.4, 0.5) is 24.1 Å². The minimum Gasteiger partial charge on any atom is -0.405 e. The molecule has 4 aromatic rings. The summed E-state index contributed by atoms with van der Waals surface area (Å²) in [6.45, 7) is 3.92. The van der Waals surface area contributed by atoms with Crippen molar-refractivity contribution in [2.24, 2.45) is 11.8 Å². The van der Waals surface area contributed by atoms with Gasteiger partial charge in [-0.25, -0.2) is 4.52 Å². The Labute approximate surface area is 203 Å². The molecule has 1 aliphatic carbocycles. The molecule has 7 nitrogen and oxygen atoms in total. The van der Waals surface area contributed by atoms with Crippen molar-refractivity contribution < 1.29 is 17.9 Å². The molecule has 2 aliphatic rings. The maximum Gasteiger partial charge on any atom is 0.573 e. The second-order valence-electron chi connectivity index (χ2n) is 9.15. The number of hydrogen-bond donors (Lipinski definition) is 1. The lowest BCUT2D eigenvalue weighted by atomic mass is 9.92. The number of pyridine rings is 1. The number of aromatic nitrogens is 4. The number of aryl methyl sites for hydroxylation is 1. The average Bonchev–Trinajstić information content (AvgIpc) is 3.48. The quantitative estimate of drug-likeness (QED) is 0.397. The summed E-state index contributed by atoms with van der Waals surface area (Å²) < 4.78 is 49.2. The Kier molecular flexibility index (Phi) is 5.32. The number of ether oxygens (including phenoxy) is 1. The predicted molar refractivity (Wildman–Crippen MR) is 128 cm³/mol. The number of fused-ring (bicyclic) bond motifs is 3. The number of anilines is 2. The summed E-state index contributed by atoms with van der Waals surface area (Å²) in [5, 5.41) is 9.35. The molecule has 4 heterocycles. The fraction of sp³-hybridized carbons (Fsp3) is 0.375. The van der Waals surface area contributed by atoms with Gasteiger partial charge in [0.25, 0.3) is 0 Å². The number of rotatable bonds is 5. The topological polar surface area (TPSA) is 67.6 Å². The third-order valence-electron chi connectivity index (χ3n) is 6.82. The van der Waals surface area contributed by atoms with Crippen molar-refractivity contribution in [2.45, 2.75) is 32.2 Å². The first-order valence-electron chi connectivity index (χ1n) is 11.5. The van der Waals surface area contributed by atoms with Gasteiger partial charge in [0.15, 0.2) is 5.65 Å². The number of nitrogens with one attached hydrogen (secondary N) is 1. The molecule has 1 aliphatic heterocycles. The Bertz CT molecular complexity index is 1350. The normalized spacial score (nSPS) is 22.1. The Morgan fingerprint density at radius 2 is 1.80 bits per heavy atom. The summed E-state index contributed by atoms with van der Waals surface area (Å²) in [7, 11) is 0. The summed E-state index contributed by atoms with van der Waals surface area (Å²) in [5.41, 5.74) is 2.34. The van der Waals surface area contributed by atoms with Crippen LogP contribution in [-0.2, 0) is 0 Å². The zero-order valence-corrected chi connectivity index (χ0v) is 19.7. The van der Waals surface area contributed by atoms with Crippen LogP contribution in [0.5, 0.6) is 5.75 Å².